The number of halogens is 3. The van der Waals surface area contributed by atoms with Gasteiger partial charge in [-0.3, -0.25) is 0 Å². The molecule has 0 bridgehead atoms. The molecule has 0 saturated carbocycles. The van der Waals surface area contributed by atoms with Gasteiger partial charge < -0.3 is 23.7 Å². The summed E-state index contributed by atoms with van der Waals surface area (Å²) in [5, 5.41) is -0.163. The minimum atomic E-state index is -2.52. The van der Waals surface area contributed by atoms with Crippen LogP contribution in [0, 0.1) is 11.8 Å². The fraction of sp³-hybridized carbons (Fsp3) is 0.400. The summed E-state index contributed by atoms with van der Waals surface area (Å²) in [5.74, 6) is 0.571. The zero-order valence-corrected chi connectivity index (χ0v) is 24.6. The maximum Gasteiger partial charge on any atom is 0.272 e. The third kappa shape index (κ3) is 8.96. The molecular weight excluding hydrogens is 574 g/mol. The largest absolute Gasteiger partial charge is 0.488 e. The predicted molar refractivity (Wildman–Crippen MR) is 161 cm³/mol. The maximum atomic E-state index is 12.5. The van der Waals surface area contributed by atoms with Gasteiger partial charge in [0.2, 0.25) is 0 Å². The number of carbonyl (C=O) groups is 1. The average Bonchev–Trinajstić information content (AvgIpc) is 3.04. The molecule has 228 valence electrons. The van der Waals surface area contributed by atoms with Crippen LogP contribution in [0.5, 0.6) is 5.75 Å². The van der Waals surface area contributed by atoms with E-state index in [1.807, 2.05) is 78.9 Å². The fourth-order valence-corrected chi connectivity index (χ4v) is 6.10. The van der Waals surface area contributed by atoms with E-state index in [2.05, 4.69) is 6.08 Å². The van der Waals surface area contributed by atoms with Crippen molar-refractivity contribution >= 4 is 17.9 Å². The lowest BCUT2D eigenvalue weighted by Crippen LogP contribution is -2.53. The van der Waals surface area contributed by atoms with Gasteiger partial charge >= 0.3 is 0 Å². The lowest BCUT2D eigenvalue weighted by atomic mass is 9.78. The molecule has 1 fully saturated rings. The van der Waals surface area contributed by atoms with Gasteiger partial charge in [-0.05, 0) is 47.6 Å². The number of ether oxygens (including phenoxy) is 4. The topological polar surface area (TPSA) is 54.0 Å². The van der Waals surface area contributed by atoms with Crippen molar-refractivity contribution in [3.8, 4) is 5.75 Å². The third-order valence-corrected chi connectivity index (χ3v) is 8.56. The minimum absolute atomic E-state index is 0.0361. The fourth-order valence-electron chi connectivity index (χ4n) is 5.82. The molecular formula is C35H37ClF2O5. The summed E-state index contributed by atoms with van der Waals surface area (Å²) in [6.07, 6.45) is 2.55. The van der Waals surface area contributed by atoms with E-state index in [4.69, 9.17) is 30.5 Å². The van der Waals surface area contributed by atoms with E-state index in [-0.39, 0.29) is 29.4 Å². The van der Waals surface area contributed by atoms with Gasteiger partial charge in [-0.25, -0.2) is 8.78 Å². The normalized spacial score (nSPS) is 27.2. The molecule has 6 unspecified atom stereocenters. The zero-order chi connectivity index (χ0) is 30.0. The van der Waals surface area contributed by atoms with Crippen LogP contribution in [0.1, 0.15) is 29.5 Å². The van der Waals surface area contributed by atoms with E-state index < -0.39 is 25.2 Å². The van der Waals surface area contributed by atoms with Crippen molar-refractivity contribution in [3.63, 3.8) is 0 Å². The molecule has 2 aliphatic rings. The molecule has 8 heteroatoms. The number of alkyl halides is 3. The number of aldehydes is 1. The summed E-state index contributed by atoms with van der Waals surface area (Å²) in [6.45, 7) is 0.120. The van der Waals surface area contributed by atoms with E-state index in [1.165, 1.54) is 0 Å². The first kappa shape index (κ1) is 31.3. The van der Waals surface area contributed by atoms with Crippen LogP contribution in [0.15, 0.2) is 97.1 Å². The van der Waals surface area contributed by atoms with Gasteiger partial charge in [0.15, 0.2) is 6.29 Å². The Balaban J connectivity index is 1.26. The second-order valence-electron chi connectivity index (χ2n) is 11.1. The van der Waals surface area contributed by atoms with Gasteiger partial charge in [0.1, 0.15) is 24.6 Å². The van der Waals surface area contributed by atoms with Crippen LogP contribution in [0.25, 0.3) is 0 Å². The van der Waals surface area contributed by atoms with E-state index in [0.717, 1.165) is 29.4 Å². The van der Waals surface area contributed by atoms with Crippen molar-refractivity contribution < 1.29 is 32.5 Å². The Morgan fingerprint density at radius 2 is 1.49 bits per heavy atom. The smallest absolute Gasteiger partial charge is 0.272 e. The maximum absolute atomic E-state index is 12.5. The Labute approximate surface area is 256 Å². The highest BCUT2D eigenvalue weighted by atomic mass is 35.5. The minimum Gasteiger partial charge on any atom is -0.488 e. The molecule has 3 aromatic carbocycles. The molecule has 0 spiro atoms. The van der Waals surface area contributed by atoms with Crippen LogP contribution in [0.2, 0.25) is 0 Å². The molecule has 1 saturated heterocycles. The second-order valence-corrected chi connectivity index (χ2v) is 11.7. The van der Waals surface area contributed by atoms with Crippen molar-refractivity contribution in [2.45, 2.75) is 68.7 Å². The average molecular weight is 611 g/mol. The monoisotopic (exact) mass is 610 g/mol. The van der Waals surface area contributed by atoms with Gasteiger partial charge in [0.25, 0.3) is 6.43 Å². The number of hydrogen-bond acceptors (Lipinski definition) is 5. The lowest BCUT2D eigenvalue weighted by Gasteiger charge is -2.43. The zero-order valence-electron chi connectivity index (χ0n) is 23.9. The van der Waals surface area contributed by atoms with E-state index in [9.17, 15) is 13.6 Å². The predicted octanol–water partition coefficient (Wildman–Crippen LogP) is 7.20. The van der Waals surface area contributed by atoms with Crippen molar-refractivity contribution in [2.75, 3.05) is 6.61 Å². The molecule has 1 aliphatic carbocycles. The van der Waals surface area contributed by atoms with Crippen molar-refractivity contribution in [2.24, 2.45) is 11.8 Å². The molecule has 3 aromatic rings. The van der Waals surface area contributed by atoms with Gasteiger partial charge in [-0.15, -0.1) is 11.6 Å². The summed E-state index contributed by atoms with van der Waals surface area (Å²) in [4.78, 5) is 12.3. The highest BCUT2D eigenvalue weighted by Crippen LogP contribution is 2.38. The van der Waals surface area contributed by atoms with Crippen LogP contribution < -0.4 is 4.74 Å². The molecule has 0 N–H and O–H groups in total. The number of carbonyl (C=O) groups excluding carboxylic acids is 1. The molecule has 0 aromatic heterocycles. The van der Waals surface area contributed by atoms with Gasteiger partial charge in [-0.1, -0.05) is 84.9 Å². The number of benzene rings is 3. The van der Waals surface area contributed by atoms with Crippen LogP contribution in [-0.2, 0) is 38.6 Å². The summed E-state index contributed by atoms with van der Waals surface area (Å²) < 4.78 is 49.2. The highest BCUT2D eigenvalue weighted by Gasteiger charge is 2.43. The standard InChI is InChI=1S/C35H37ClF2O5/c36-30-16-13-27(18-28(30)17-24-11-14-29(15-12-24)40-23-34(37)38)31-19-32(41-21-25-7-3-1-4-8-25)35(33(20-39)43-31)42-22-26-9-5-2-6-10-26/h1-16,20,27-28,30-35H,17-19,21-23H2/t27?,28?,30?,31?,32?,33?,35-/m0/s1. The first-order valence-electron chi connectivity index (χ1n) is 14.7. The molecule has 1 heterocycles. The number of hydrogen-bond donors (Lipinski definition) is 0. The molecule has 43 heavy (non-hydrogen) atoms. The summed E-state index contributed by atoms with van der Waals surface area (Å²) in [5.41, 5.74) is 3.10. The third-order valence-electron chi connectivity index (χ3n) is 8.06. The first-order valence-corrected chi connectivity index (χ1v) is 15.2. The molecule has 0 radical (unpaired) electrons. The Morgan fingerprint density at radius 1 is 0.837 bits per heavy atom. The van der Waals surface area contributed by atoms with Crippen molar-refractivity contribution in [1.29, 1.82) is 0 Å². The van der Waals surface area contributed by atoms with Gasteiger partial charge in [0.05, 0.1) is 30.8 Å². The van der Waals surface area contributed by atoms with Crippen LogP contribution in [0.4, 0.5) is 8.78 Å². The lowest BCUT2D eigenvalue weighted by molar-refractivity contribution is -0.209. The Kier molecular flexibility index (Phi) is 11.3. The van der Waals surface area contributed by atoms with Crippen LogP contribution >= 0.6 is 11.6 Å². The number of rotatable bonds is 13. The number of allylic oxidation sites excluding steroid dienone is 1. The molecule has 0 amide bonds. The van der Waals surface area contributed by atoms with Gasteiger partial charge in [0, 0.05) is 12.3 Å². The molecule has 5 nitrogen and oxygen atoms in total. The van der Waals surface area contributed by atoms with Crippen molar-refractivity contribution in [1.82, 2.24) is 0 Å². The molecule has 5 rings (SSSR count). The van der Waals surface area contributed by atoms with E-state index in [0.29, 0.717) is 31.8 Å². The summed E-state index contributed by atoms with van der Waals surface area (Å²) >= 11 is 6.74. The summed E-state index contributed by atoms with van der Waals surface area (Å²) in [6, 6.07) is 27.0. The second kappa shape index (κ2) is 15.6. The highest BCUT2D eigenvalue weighted by molar-refractivity contribution is 6.22. The molecule has 7 atom stereocenters. The van der Waals surface area contributed by atoms with Crippen molar-refractivity contribution in [3.05, 3.63) is 114 Å². The molecule has 1 aliphatic heterocycles. The van der Waals surface area contributed by atoms with E-state index >= 15 is 0 Å². The SMILES string of the molecule is O=CC1OC(C2C=CC(Cl)C(Cc3ccc(OCC(F)F)cc3)C2)CC(OCc2ccccc2)[C@@H]1OCc1ccccc1. The van der Waals surface area contributed by atoms with E-state index in [1.54, 1.807) is 12.1 Å². The van der Waals surface area contributed by atoms with Crippen LogP contribution in [0.3, 0.4) is 0 Å². The quantitative estimate of drug-likeness (QED) is 0.116. The summed E-state index contributed by atoms with van der Waals surface area (Å²) in [7, 11) is 0. The Bertz CT molecular complexity index is 1290. The van der Waals surface area contributed by atoms with Crippen LogP contribution in [-0.4, -0.2) is 49.1 Å². The Morgan fingerprint density at radius 3 is 2.12 bits per heavy atom. The Hall–Kier alpha value is -3.10. The first-order chi connectivity index (χ1) is 21.0. The van der Waals surface area contributed by atoms with Gasteiger partial charge in [-0.2, -0.15) is 0 Å².